The molecule has 4 aliphatic heterocycles. The summed E-state index contributed by atoms with van der Waals surface area (Å²) in [5, 5.41) is 148. The van der Waals surface area contributed by atoms with Gasteiger partial charge in [0.1, 0.15) is 91.6 Å². The first-order valence-electron chi connectivity index (χ1n) is 17.1. The van der Waals surface area contributed by atoms with Crippen LogP contribution in [0.25, 0.3) is 0 Å². The molecule has 0 unspecified atom stereocenters. The Balaban J connectivity index is 1.76. The van der Waals surface area contributed by atoms with Crippen molar-refractivity contribution in [2.75, 3.05) is 33.5 Å². The average Bonchev–Trinajstić information content (AvgIpc) is 3.15. The van der Waals surface area contributed by atoms with Crippen LogP contribution < -0.4 is 5.32 Å². The number of rotatable bonds is 15. The fourth-order valence-electron chi connectivity index (χ4n) is 6.83. The summed E-state index contributed by atoms with van der Waals surface area (Å²) >= 11 is 0. The highest BCUT2D eigenvalue weighted by molar-refractivity contribution is 5.76. The smallest absolute Gasteiger partial charge is 0.364 e. The Morgan fingerprint density at radius 3 is 1.85 bits per heavy atom. The van der Waals surface area contributed by atoms with E-state index in [-0.39, 0.29) is 0 Å². The molecule has 4 fully saturated rings. The average molecular weight is 810 g/mol. The lowest BCUT2D eigenvalue weighted by Gasteiger charge is -2.52. The second-order valence-corrected chi connectivity index (χ2v) is 13.5. The molecule has 21 atom stereocenters. The van der Waals surface area contributed by atoms with Crippen LogP contribution in [0.4, 0.5) is 0 Å². The molecule has 0 saturated carbocycles. The van der Waals surface area contributed by atoms with E-state index in [9.17, 15) is 81.1 Å². The van der Waals surface area contributed by atoms with Crippen molar-refractivity contribution in [3.63, 3.8) is 0 Å². The van der Waals surface area contributed by atoms with Crippen LogP contribution in [-0.2, 0) is 47.5 Å². The third-order valence-electron chi connectivity index (χ3n) is 9.88. The zero-order chi connectivity index (χ0) is 41.1. The Morgan fingerprint density at radius 1 is 0.745 bits per heavy atom. The van der Waals surface area contributed by atoms with E-state index in [4.69, 9.17) is 37.9 Å². The molecule has 0 aromatic heterocycles. The van der Waals surface area contributed by atoms with Crippen molar-refractivity contribution in [2.24, 2.45) is 0 Å². The van der Waals surface area contributed by atoms with Gasteiger partial charge in [-0.15, -0.1) is 0 Å². The molecule has 1 amide bonds. The lowest BCUT2D eigenvalue weighted by molar-refractivity contribution is -0.391. The summed E-state index contributed by atoms with van der Waals surface area (Å²) in [7, 11) is 1.06. The summed E-state index contributed by atoms with van der Waals surface area (Å²) in [5.74, 6) is -6.03. The minimum absolute atomic E-state index is 0.816. The first-order chi connectivity index (χ1) is 25.9. The zero-order valence-corrected chi connectivity index (χ0v) is 29.4. The molecule has 25 nitrogen and oxygen atoms in total. The number of nitrogens with one attached hydrogen (secondary N) is 1. The van der Waals surface area contributed by atoms with Gasteiger partial charge in [0.25, 0.3) is 5.79 Å². The minimum Gasteiger partial charge on any atom is -0.477 e. The quantitative estimate of drug-likeness (QED) is 0.0730. The molecule has 0 spiro atoms. The van der Waals surface area contributed by atoms with E-state index in [0.29, 0.717) is 0 Å². The van der Waals surface area contributed by atoms with Gasteiger partial charge in [-0.25, -0.2) is 4.79 Å². The monoisotopic (exact) mass is 809 g/mol. The Kier molecular flexibility index (Phi) is 16.0. The van der Waals surface area contributed by atoms with Crippen molar-refractivity contribution in [1.29, 1.82) is 0 Å². The van der Waals surface area contributed by atoms with E-state index >= 15 is 0 Å². The fourth-order valence-corrected chi connectivity index (χ4v) is 6.83. The number of methoxy groups -OCH3 is 1. The van der Waals surface area contributed by atoms with Gasteiger partial charge < -0.3 is 115 Å². The van der Waals surface area contributed by atoms with Crippen LogP contribution in [-0.4, -0.2) is 245 Å². The second kappa shape index (κ2) is 19.2. The van der Waals surface area contributed by atoms with Crippen LogP contribution in [0.15, 0.2) is 0 Å². The highest BCUT2D eigenvalue weighted by Crippen LogP contribution is 2.40. The number of amides is 1. The third-order valence-corrected chi connectivity index (χ3v) is 9.88. The molecule has 4 saturated heterocycles. The van der Waals surface area contributed by atoms with Crippen LogP contribution in [0.1, 0.15) is 13.3 Å². The van der Waals surface area contributed by atoms with Gasteiger partial charge >= 0.3 is 5.97 Å². The highest BCUT2D eigenvalue weighted by atomic mass is 16.8. The first-order valence-corrected chi connectivity index (χ1v) is 17.1. The number of aliphatic hydroxyl groups excluding tert-OH is 13. The molecular formula is C30H51NO24. The molecule has 15 N–H and O–H groups in total. The third kappa shape index (κ3) is 9.54. The second-order valence-electron chi connectivity index (χ2n) is 13.5. The summed E-state index contributed by atoms with van der Waals surface area (Å²) in [5.41, 5.74) is 0. The summed E-state index contributed by atoms with van der Waals surface area (Å²) < 4.78 is 44.1. The van der Waals surface area contributed by atoms with E-state index in [1.807, 2.05) is 0 Å². The van der Waals surface area contributed by atoms with Crippen molar-refractivity contribution in [1.82, 2.24) is 5.32 Å². The van der Waals surface area contributed by atoms with Gasteiger partial charge in [0, 0.05) is 20.5 Å². The van der Waals surface area contributed by atoms with Crippen molar-refractivity contribution in [2.45, 2.75) is 142 Å². The minimum atomic E-state index is -3.18. The Hall–Kier alpha value is -1.90. The van der Waals surface area contributed by atoms with Crippen LogP contribution in [0.5, 0.6) is 0 Å². The van der Waals surface area contributed by atoms with Crippen molar-refractivity contribution in [3.05, 3.63) is 0 Å². The number of hydrogen-bond acceptors (Lipinski definition) is 23. The van der Waals surface area contributed by atoms with Crippen LogP contribution in [0.2, 0.25) is 0 Å². The maximum atomic E-state index is 13.3. The molecule has 25 heteroatoms. The fraction of sp³-hybridized carbons (Fsp3) is 0.933. The summed E-state index contributed by atoms with van der Waals surface area (Å²) in [4.78, 5) is 25.7. The maximum Gasteiger partial charge on any atom is 0.364 e. The van der Waals surface area contributed by atoms with E-state index in [1.165, 1.54) is 0 Å². The molecule has 4 rings (SSSR count). The number of carbonyl (C=O) groups excluding carboxylic acids is 1. The molecule has 0 bridgehead atoms. The number of ether oxygens (including phenoxy) is 8. The standard InChI is InChI=1S/C30H51NO24/c1-8(36)31-14-9(50-27-21(43)18(40)15(37)11(5-33)51-27)3-30(29(46)47,54-24(14)16(38)10(4-32)48-2)55-25-17(39)12(6-34)52-28(22(25)44)53-23-13(7-35)49-26(45)20(42)19(23)41/h9-28,32-35,37-45H,3-7H2,1-2H3,(H,31,36)(H,46,47)/t9-,10+,11+,12+,13+,14+,15-,16+,17-,18-,19+,20+,21+,22+,23+,24+,25-,26+,27+,28-,30-/m0/s1. The Labute approximate surface area is 311 Å². The van der Waals surface area contributed by atoms with Crippen LogP contribution in [0.3, 0.4) is 0 Å². The molecule has 0 aliphatic carbocycles. The predicted octanol–water partition coefficient (Wildman–Crippen LogP) is -9.75. The highest BCUT2D eigenvalue weighted by Gasteiger charge is 2.61. The predicted molar refractivity (Wildman–Crippen MR) is 167 cm³/mol. The van der Waals surface area contributed by atoms with E-state index in [0.717, 1.165) is 14.0 Å². The summed E-state index contributed by atoms with van der Waals surface area (Å²) in [6, 6.07) is -1.64. The SMILES string of the molecule is CO[C@H](CO)[C@@H](O)[C@@H]1O[C@@](O[C@H]2[C@@H](O)[C@@H](CO)O[C@@H](O[C@H]3[C@H](O)[C@@H](O)[C@H](O)O[C@@H]3CO)[C@@H]2O)(C(=O)O)C[C@H](O[C@@H]2O[C@H](CO)[C@H](O)[C@H](O)[C@H]2O)[C@H]1NC(C)=O. The number of aliphatic hydroxyl groups is 13. The maximum absolute atomic E-state index is 13.3. The number of aliphatic carboxylic acids is 1. The van der Waals surface area contributed by atoms with Gasteiger partial charge in [0.15, 0.2) is 18.9 Å². The molecule has 0 aromatic carbocycles. The molecular weight excluding hydrogens is 758 g/mol. The largest absolute Gasteiger partial charge is 0.477 e. The lowest BCUT2D eigenvalue weighted by Crippen LogP contribution is -2.72. The van der Waals surface area contributed by atoms with Crippen molar-refractivity contribution in [3.8, 4) is 0 Å². The summed E-state index contributed by atoms with van der Waals surface area (Å²) in [6.07, 6.45) is -37.7. The number of carboxylic acids is 1. The lowest BCUT2D eigenvalue weighted by atomic mass is 9.87. The number of carbonyl (C=O) groups is 2. The number of carboxylic acid groups (broad SMARTS) is 1. The molecule has 320 valence electrons. The van der Waals surface area contributed by atoms with E-state index < -0.39 is 173 Å². The van der Waals surface area contributed by atoms with Crippen molar-refractivity contribution < 1.29 is 119 Å². The molecule has 0 radical (unpaired) electrons. The van der Waals surface area contributed by atoms with Gasteiger partial charge in [0.05, 0.1) is 38.6 Å². The zero-order valence-electron chi connectivity index (χ0n) is 29.4. The first kappa shape index (κ1) is 45.8. The van der Waals surface area contributed by atoms with Crippen molar-refractivity contribution >= 4 is 11.9 Å². The van der Waals surface area contributed by atoms with Gasteiger partial charge in [-0.05, 0) is 0 Å². The van der Waals surface area contributed by atoms with Gasteiger partial charge in [-0.3, -0.25) is 4.79 Å². The van der Waals surface area contributed by atoms with Crippen LogP contribution >= 0.6 is 0 Å². The normalized spacial score (nSPS) is 46.5. The Morgan fingerprint density at radius 2 is 1.33 bits per heavy atom. The molecule has 0 aromatic rings. The number of hydrogen-bond donors (Lipinski definition) is 15. The van der Waals surface area contributed by atoms with E-state index in [1.54, 1.807) is 0 Å². The molecule has 4 aliphatic rings. The molecule has 55 heavy (non-hydrogen) atoms. The summed E-state index contributed by atoms with van der Waals surface area (Å²) in [6.45, 7) is -2.75. The topological polar surface area (TPSA) is 403 Å². The Bertz CT molecular complexity index is 1250. The van der Waals surface area contributed by atoms with Crippen LogP contribution in [0, 0.1) is 0 Å². The molecule has 4 heterocycles. The van der Waals surface area contributed by atoms with Gasteiger partial charge in [-0.1, -0.05) is 0 Å². The van der Waals surface area contributed by atoms with Gasteiger partial charge in [0.2, 0.25) is 5.91 Å². The van der Waals surface area contributed by atoms with Gasteiger partial charge in [-0.2, -0.15) is 0 Å². The van der Waals surface area contributed by atoms with E-state index in [2.05, 4.69) is 5.32 Å².